The molecule has 0 aliphatic rings. The Hall–Kier alpha value is -3.69. The number of carbonyl (C=O) groups is 1. The Morgan fingerprint density at radius 1 is 1.20 bits per heavy atom. The third-order valence-electron chi connectivity index (χ3n) is 4.65. The van der Waals surface area contributed by atoms with Gasteiger partial charge in [-0.1, -0.05) is 6.07 Å². The number of phenolic OH excluding ortho intramolecular Hbond substituents is 1. The van der Waals surface area contributed by atoms with Crippen LogP contribution in [0.4, 0.5) is 14.6 Å². The number of hydrogen-bond acceptors (Lipinski definition) is 5. The summed E-state index contributed by atoms with van der Waals surface area (Å²) < 4.78 is 27.2. The highest BCUT2D eigenvalue weighted by atomic mass is 19.3. The molecular formula is C20H18BF2N4O3. The van der Waals surface area contributed by atoms with E-state index >= 15 is 0 Å². The van der Waals surface area contributed by atoms with Gasteiger partial charge in [0, 0.05) is 37.5 Å². The Kier molecular flexibility index (Phi) is 6.30. The lowest BCUT2D eigenvalue weighted by Crippen LogP contribution is -2.28. The fraction of sp³-hybridized carbons (Fsp3) is 0.150. The van der Waals surface area contributed by atoms with E-state index in [-0.39, 0.29) is 47.9 Å². The van der Waals surface area contributed by atoms with E-state index < -0.39 is 17.9 Å². The molecule has 0 aliphatic heterocycles. The third-order valence-corrected chi connectivity index (χ3v) is 4.65. The molecule has 0 saturated heterocycles. The number of aromatic hydroxyl groups is 1. The molecule has 7 nitrogen and oxygen atoms in total. The number of nitrogen functional groups attached to an aromatic ring is 1. The second kappa shape index (κ2) is 8.36. The lowest BCUT2D eigenvalue weighted by atomic mass is 10.0. The number of carbonyl (C=O) groups excluding carboxylic acids is 1. The van der Waals surface area contributed by atoms with Gasteiger partial charge in [-0.05, 0) is 37.6 Å². The van der Waals surface area contributed by atoms with Crippen LogP contribution in [0.3, 0.4) is 0 Å². The molecule has 1 amide bonds. The molecule has 0 saturated carbocycles. The summed E-state index contributed by atoms with van der Waals surface area (Å²) in [6, 6.07) is 5.32. The molecule has 2 heterocycles. The minimum absolute atomic E-state index is 0. The molecule has 5 N–H and O–H groups in total. The second-order valence-corrected chi connectivity index (χ2v) is 6.54. The molecule has 2 aromatic heterocycles. The minimum Gasteiger partial charge on any atom is -0.508 e. The first-order valence-electron chi connectivity index (χ1n) is 8.51. The van der Waals surface area contributed by atoms with Crippen molar-refractivity contribution in [1.82, 2.24) is 9.55 Å². The molecule has 3 rings (SSSR count). The zero-order chi connectivity index (χ0) is 21.5. The number of phenols is 1. The topological polar surface area (TPSA) is 124 Å². The Morgan fingerprint density at radius 3 is 2.47 bits per heavy atom. The van der Waals surface area contributed by atoms with Gasteiger partial charge in [0.15, 0.2) is 0 Å². The number of alkyl halides is 2. The molecule has 1 aromatic carbocycles. The largest absolute Gasteiger partial charge is 0.508 e. The Morgan fingerprint density at radius 2 is 1.87 bits per heavy atom. The van der Waals surface area contributed by atoms with E-state index in [0.717, 1.165) is 22.9 Å². The first-order valence-corrected chi connectivity index (χ1v) is 8.51. The maximum absolute atomic E-state index is 13.3. The molecule has 0 unspecified atom stereocenters. The fourth-order valence-electron chi connectivity index (χ4n) is 3.15. The van der Waals surface area contributed by atoms with Gasteiger partial charge >= 0.3 is 0 Å². The first kappa shape index (κ1) is 22.6. The quantitative estimate of drug-likeness (QED) is 0.569. The summed E-state index contributed by atoms with van der Waals surface area (Å²) in [6.45, 7) is 3.28. The van der Waals surface area contributed by atoms with Crippen molar-refractivity contribution < 1.29 is 18.7 Å². The highest BCUT2D eigenvalue weighted by Crippen LogP contribution is 2.30. The van der Waals surface area contributed by atoms with Crippen LogP contribution in [0.15, 0.2) is 41.5 Å². The van der Waals surface area contributed by atoms with Crippen molar-refractivity contribution in [3.05, 3.63) is 69.3 Å². The summed E-state index contributed by atoms with van der Waals surface area (Å²) in [6.07, 6.45) is -0.567. The Bertz CT molecular complexity index is 1200. The number of aryl methyl sites for hydroxylation is 1. The van der Waals surface area contributed by atoms with Crippen molar-refractivity contribution in [2.75, 3.05) is 5.73 Å². The van der Waals surface area contributed by atoms with Gasteiger partial charge in [-0.15, -0.1) is 0 Å². The number of nitrogens with zero attached hydrogens (tertiary/aromatic N) is 2. The number of hydrogen-bond donors (Lipinski definition) is 3. The Balaban J connectivity index is 0.00000320. The van der Waals surface area contributed by atoms with E-state index in [9.17, 15) is 23.5 Å². The lowest BCUT2D eigenvalue weighted by molar-refractivity contribution is 0.100. The molecule has 0 atom stereocenters. The first-order chi connectivity index (χ1) is 13.6. The molecule has 30 heavy (non-hydrogen) atoms. The Labute approximate surface area is 172 Å². The number of benzene rings is 1. The minimum atomic E-state index is -2.79. The number of amides is 1. The maximum atomic E-state index is 13.3. The maximum Gasteiger partial charge on any atom is 0.265 e. The molecule has 0 aliphatic carbocycles. The van der Waals surface area contributed by atoms with Gasteiger partial charge in [-0.3, -0.25) is 19.1 Å². The van der Waals surface area contributed by atoms with Crippen LogP contribution < -0.4 is 17.0 Å². The van der Waals surface area contributed by atoms with Gasteiger partial charge in [0.05, 0.1) is 16.8 Å². The average Bonchev–Trinajstić information content (AvgIpc) is 2.67. The van der Waals surface area contributed by atoms with Crippen molar-refractivity contribution in [2.45, 2.75) is 20.3 Å². The predicted octanol–water partition coefficient (Wildman–Crippen LogP) is 2.46. The summed E-state index contributed by atoms with van der Waals surface area (Å²) in [4.78, 5) is 29.0. The highest BCUT2D eigenvalue weighted by molar-refractivity contribution is 5.98. The fourth-order valence-corrected chi connectivity index (χ4v) is 3.15. The van der Waals surface area contributed by atoms with E-state index in [4.69, 9.17) is 11.5 Å². The number of pyridine rings is 2. The summed E-state index contributed by atoms with van der Waals surface area (Å²) in [5.41, 5.74) is 11.5. The van der Waals surface area contributed by atoms with E-state index in [1.165, 1.54) is 12.3 Å². The second-order valence-electron chi connectivity index (χ2n) is 6.54. The van der Waals surface area contributed by atoms with Gasteiger partial charge in [-0.2, -0.15) is 0 Å². The van der Waals surface area contributed by atoms with Gasteiger partial charge in [0.1, 0.15) is 11.6 Å². The summed E-state index contributed by atoms with van der Waals surface area (Å²) in [5, 5.41) is 10.1. The van der Waals surface area contributed by atoms with Crippen LogP contribution in [0.25, 0.3) is 16.8 Å². The SMILES string of the molecule is Cc1ccc(O)c(C)c1-n1c(N)c(C(N)=O)cc(-c2cncc(C(F)F)c2)c1=O.[B]. The summed E-state index contributed by atoms with van der Waals surface area (Å²) in [5.74, 6) is -1.20. The van der Waals surface area contributed by atoms with Crippen LogP contribution in [-0.4, -0.2) is 29.0 Å². The molecule has 0 fully saturated rings. The van der Waals surface area contributed by atoms with Gasteiger partial charge in [-0.25, -0.2) is 8.78 Å². The van der Waals surface area contributed by atoms with Crippen molar-refractivity contribution in [3.63, 3.8) is 0 Å². The average molecular weight is 411 g/mol. The van der Waals surface area contributed by atoms with E-state index in [2.05, 4.69) is 4.98 Å². The van der Waals surface area contributed by atoms with Crippen molar-refractivity contribution >= 4 is 20.1 Å². The number of primary amides is 1. The van der Waals surface area contributed by atoms with Crippen LogP contribution in [0, 0.1) is 13.8 Å². The zero-order valence-corrected chi connectivity index (χ0v) is 16.2. The summed E-state index contributed by atoms with van der Waals surface area (Å²) in [7, 11) is 0. The highest BCUT2D eigenvalue weighted by Gasteiger charge is 2.22. The smallest absolute Gasteiger partial charge is 0.265 e. The number of aromatic nitrogens is 2. The van der Waals surface area contributed by atoms with Crippen LogP contribution in [-0.2, 0) is 0 Å². The monoisotopic (exact) mass is 411 g/mol. The summed E-state index contributed by atoms with van der Waals surface area (Å²) >= 11 is 0. The molecule has 0 spiro atoms. The number of rotatable bonds is 4. The molecule has 10 heteroatoms. The van der Waals surface area contributed by atoms with Crippen molar-refractivity contribution in [3.8, 4) is 22.6 Å². The van der Waals surface area contributed by atoms with Crippen LogP contribution >= 0.6 is 0 Å². The number of nitrogens with two attached hydrogens (primary N) is 2. The van der Waals surface area contributed by atoms with E-state index in [1.54, 1.807) is 19.9 Å². The molecule has 3 radical (unpaired) electrons. The molecule has 0 bridgehead atoms. The number of halogens is 2. The van der Waals surface area contributed by atoms with E-state index in [0.29, 0.717) is 11.1 Å². The van der Waals surface area contributed by atoms with Crippen molar-refractivity contribution in [2.24, 2.45) is 5.73 Å². The van der Waals surface area contributed by atoms with Crippen LogP contribution in [0.1, 0.15) is 33.5 Å². The standard InChI is InChI=1S/C20H18F2N4O3.B/c1-9-3-4-15(27)10(2)16(9)26-18(23)14(19(24)28)6-13(20(26)29)11-5-12(17(21)22)8-25-7-11;/h3-8,17,27H,23H2,1-2H3,(H2,24,28);. The molecular weight excluding hydrogens is 393 g/mol. The van der Waals surface area contributed by atoms with Gasteiger partial charge in [0.2, 0.25) is 0 Å². The molecule has 153 valence electrons. The van der Waals surface area contributed by atoms with Gasteiger partial charge in [0.25, 0.3) is 17.9 Å². The number of anilines is 1. The lowest BCUT2D eigenvalue weighted by Gasteiger charge is -2.19. The van der Waals surface area contributed by atoms with Crippen molar-refractivity contribution in [1.29, 1.82) is 0 Å². The van der Waals surface area contributed by atoms with E-state index in [1.807, 2.05) is 0 Å². The zero-order valence-electron chi connectivity index (χ0n) is 16.2. The third kappa shape index (κ3) is 3.76. The van der Waals surface area contributed by atoms with Crippen LogP contribution in [0.5, 0.6) is 5.75 Å². The predicted molar refractivity (Wildman–Crippen MR) is 110 cm³/mol. The van der Waals surface area contributed by atoms with Crippen LogP contribution in [0.2, 0.25) is 0 Å². The normalized spacial score (nSPS) is 10.7. The van der Waals surface area contributed by atoms with Gasteiger partial charge < -0.3 is 16.6 Å². The molecule has 3 aromatic rings.